The Morgan fingerprint density at radius 1 is 1.38 bits per heavy atom. The van der Waals surface area contributed by atoms with Gasteiger partial charge in [-0.1, -0.05) is 0 Å². The smallest absolute Gasteiger partial charge is 0.273 e. The van der Waals surface area contributed by atoms with Gasteiger partial charge < -0.3 is 15.8 Å². The minimum absolute atomic E-state index is 0.0889. The number of carbonyl (C=O) groups is 1. The number of nitrogen functional groups attached to an aromatic ring is 1. The average molecular weight is 355 g/mol. The number of benzene rings is 1. The maximum atomic E-state index is 12.5. The topological polar surface area (TPSA) is 115 Å². The molecule has 0 aliphatic heterocycles. The van der Waals surface area contributed by atoms with Crippen molar-refractivity contribution in [3.63, 3.8) is 0 Å². The summed E-state index contributed by atoms with van der Waals surface area (Å²) in [5.41, 5.74) is 9.39. The standard InChI is InChI=1S/C18H21N5O3/c1-9-12(10(2)20-17-16(9)18(25)22-23(17)3)8-15(24)21-14-7-11(26-4)5-6-13(14)19/h5-7H,8,19H2,1-4H3,(H,21,24)(H,22,25). The van der Waals surface area contributed by atoms with Crippen LogP contribution in [-0.2, 0) is 18.3 Å². The number of anilines is 2. The van der Waals surface area contributed by atoms with E-state index in [1.54, 1.807) is 37.0 Å². The van der Waals surface area contributed by atoms with Crippen LogP contribution in [0.3, 0.4) is 0 Å². The van der Waals surface area contributed by atoms with Gasteiger partial charge in [-0.25, -0.2) is 4.98 Å². The summed E-state index contributed by atoms with van der Waals surface area (Å²) in [4.78, 5) is 29.1. The lowest BCUT2D eigenvalue weighted by Crippen LogP contribution is -2.17. The van der Waals surface area contributed by atoms with Gasteiger partial charge in [0.25, 0.3) is 5.56 Å². The highest BCUT2D eigenvalue weighted by atomic mass is 16.5. The van der Waals surface area contributed by atoms with Crippen LogP contribution in [0.5, 0.6) is 5.75 Å². The number of rotatable bonds is 4. The van der Waals surface area contributed by atoms with Gasteiger partial charge in [-0.3, -0.25) is 19.4 Å². The third-order valence-electron chi connectivity index (χ3n) is 4.45. The van der Waals surface area contributed by atoms with Gasteiger partial charge in [-0.05, 0) is 37.1 Å². The molecular weight excluding hydrogens is 334 g/mol. The molecular formula is C18H21N5O3. The number of nitrogens with zero attached hydrogens (tertiary/aromatic N) is 2. The molecule has 3 aromatic rings. The number of hydrogen-bond donors (Lipinski definition) is 3. The quantitative estimate of drug-likeness (QED) is 0.616. The molecule has 4 N–H and O–H groups in total. The van der Waals surface area contributed by atoms with Crippen molar-refractivity contribution < 1.29 is 9.53 Å². The summed E-state index contributed by atoms with van der Waals surface area (Å²) in [6, 6.07) is 5.05. The summed E-state index contributed by atoms with van der Waals surface area (Å²) in [5, 5.41) is 5.99. The molecule has 1 amide bonds. The molecule has 0 spiro atoms. The van der Waals surface area contributed by atoms with Crippen LogP contribution in [0.1, 0.15) is 16.8 Å². The van der Waals surface area contributed by atoms with Crippen LogP contribution in [0.15, 0.2) is 23.0 Å². The molecule has 0 saturated heterocycles. The van der Waals surface area contributed by atoms with Crippen LogP contribution in [0, 0.1) is 13.8 Å². The van der Waals surface area contributed by atoms with Crippen molar-refractivity contribution in [3.8, 4) is 5.75 Å². The molecule has 1 aromatic carbocycles. The molecule has 0 aliphatic rings. The number of methoxy groups -OCH3 is 1. The minimum atomic E-state index is -0.246. The molecule has 0 radical (unpaired) electrons. The highest BCUT2D eigenvalue weighted by molar-refractivity contribution is 5.96. The van der Waals surface area contributed by atoms with Gasteiger partial charge in [0.2, 0.25) is 5.91 Å². The van der Waals surface area contributed by atoms with Crippen molar-refractivity contribution in [2.45, 2.75) is 20.3 Å². The van der Waals surface area contributed by atoms with Crippen molar-refractivity contribution in [1.29, 1.82) is 0 Å². The average Bonchev–Trinajstić information content (AvgIpc) is 2.87. The molecule has 0 atom stereocenters. The summed E-state index contributed by atoms with van der Waals surface area (Å²) in [6.07, 6.45) is 0.0889. The van der Waals surface area contributed by atoms with Gasteiger partial charge in [-0.2, -0.15) is 0 Å². The van der Waals surface area contributed by atoms with E-state index in [1.165, 1.54) is 0 Å². The lowest BCUT2D eigenvalue weighted by atomic mass is 10.0. The number of aryl methyl sites for hydroxylation is 3. The first-order valence-corrected chi connectivity index (χ1v) is 8.10. The number of ether oxygens (including phenoxy) is 1. The zero-order chi connectivity index (χ0) is 19.0. The van der Waals surface area contributed by atoms with E-state index in [9.17, 15) is 9.59 Å². The third kappa shape index (κ3) is 3.01. The predicted molar refractivity (Wildman–Crippen MR) is 101 cm³/mol. The molecule has 3 rings (SSSR count). The summed E-state index contributed by atoms with van der Waals surface area (Å²) < 4.78 is 6.74. The summed E-state index contributed by atoms with van der Waals surface area (Å²) >= 11 is 0. The van der Waals surface area contributed by atoms with Gasteiger partial charge in [-0.15, -0.1) is 0 Å². The number of nitrogens with one attached hydrogen (secondary N) is 2. The molecule has 0 fully saturated rings. The number of fused-ring (bicyclic) bond motifs is 1. The second kappa shape index (κ2) is 6.55. The lowest BCUT2D eigenvalue weighted by molar-refractivity contribution is -0.115. The van der Waals surface area contributed by atoms with Gasteiger partial charge in [0.1, 0.15) is 5.75 Å². The maximum Gasteiger partial charge on any atom is 0.273 e. The fourth-order valence-electron chi connectivity index (χ4n) is 3.03. The number of H-pyrrole nitrogens is 1. The molecule has 0 saturated carbocycles. The number of hydrogen-bond acceptors (Lipinski definition) is 5. The number of aromatic nitrogens is 3. The van der Waals surface area contributed by atoms with E-state index in [0.29, 0.717) is 33.9 Å². The van der Waals surface area contributed by atoms with E-state index in [2.05, 4.69) is 15.4 Å². The van der Waals surface area contributed by atoms with E-state index in [1.807, 2.05) is 13.8 Å². The van der Waals surface area contributed by atoms with E-state index in [4.69, 9.17) is 10.5 Å². The summed E-state index contributed by atoms with van der Waals surface area (Å²) in [6.45, 7) is 3.65. The Morgan fingerprint density at radius 2 is 2.12 bits per heavy atom. The van der Waals surface area contributed by atoms with E-state index in [0.717, 1.165) is 11.1 Å². The minimum Gasteiger partial charge on any atom is -0.497 e. The summed E-state index contributed by atoms with van der Waals surface area (Å²) in [5.74, 6) is 0.352. The van der Waals surface area contributed by atoms with Crippen LogP contribution in [0.4, 0.5) is 11.4 Å². The molecule has 0 bridgehead atoms. The molecule has 8 nitrogen and oxygen atoms in total. The molecule has 0 aliphatic carbocycles. The fraction of sp³-hybridized carbons (Fsp3) is 0.278. The number of nitrogens with two attached hydrogens (primary N) is 1. The fourth-order valence-corrected chi connectivity index (χ4v) is 3.03. The Kier molecular flexibility index (Phi) is 4.41. The number of aromatic amines is 1. The van der Waals surface area contributed by atoms with E-state index < -0.39 is 0 Å². The second-order valence-electron chi connectivity index (χ2n) is 6.18. The molecule has 8 heteroatoms. The Morgan fingerprint density at radius 3 is 2.81 bits per heavy atom. The molecule has 2 heterocycles. The second-order valence-corrected chi connectivity index (χ2v) is 6.18. The van der Waals surface area contributed by atoms with Crippen LogP contribution in [0.2, 0.25) is 0 Å². The highest BCUT2D eigenvalue weighted by Crippen LogP contribution is 2.25. The Balaban J connectivity index is 1.93. The zero-order valence-electron chi connectivity index (χ0n) is 15.1. The summed E-state index contributed by atoms with van der Waals surface area (Å²) in [7, 11) is 3.27. The van der Waals surface area contributed by atoms with E-state index in [-0.39, 0.29) is 17.9 Å². The first-order valence-electron chi connectivity index (χ1n) is 8.10. The van der Waals surface area contributed by atoms with Gasteiger partial charge in [0.15, 0.2) is 5.65 Å². The van der Waals surface area contributed by atoms with Crippen LogP contribution in [-0.4, -0.2) is 27.8 Å². The van der Waals surface area contributed by atoms with Crippen LogP contribution in [0.25, 0.3) is 11.0 Å². The molecule has 26 heavy (non-hydrogen) atoms. The predicted octanol–water partition coefficient (Wildman–Crippen LogP) is 1.65. The molecule has 2 aromatic heterocycles. The SMILES string of the molecule is COc1ccc(N)c(NC(=O)Cc2c(C)nc3c(c2C)c(=O)[nH]n3C)c1. The largest absolute Gasteiger partial charge is 0.497 e. The van der Waals surface area contributed by atoms with Gasteiger partial charge >= 0.3 is 0 Å². The Labute approximate surface area is 150 Å². The van der Waals surface area contributed by atoms with Crippen molar-refractivity contribution >= 4 is 28.3 Å². The number of amides is 1. The first-order chi connectivity index (χ1) is 12.3. The van der Waals surface area contributed by atoms with Crippen LogP contribution < -0.4 is 21.3 Å². The number of pyridine rings is 1. The Hall–Kier alpha value is -3.29. The highest BCUT2D eigenvalue weighted by Gasteiger charge is 2.18. The van der Waals surface area contributed by atoms with Gasteiger partial charge in [0, 0.05) is 18.8 Å². The lowest BCUT2D eigenvalue weighted by Gasteiger charge is -2.13. The van der Waals surface area contributed by atoms with Crippen LogP contribution >= 0.6 is 0 Å². The van der Waals surface area contributed by atoms with Crippen molar-refractivity contribution in [1.82, 2.24) is 14.8 Å². The first kappa shape index (κ1) is 17.5. The van der Waals surface area contributed by atoms with Gasteiger partial charge in [0.05, 0.1) is 30.3 Å². The van der Waals surface area contributed by atoms with Crippen molar-refractivity contribution in [2.75, 3.05) is 18.2 Å². The normalized spacial score (nSPS) is 10.9. The monoisotopic (exact) mass is 355 g/mol. The van der Waals surface area contributed by atoms with Crippen molar-refractivity contribution in [2.24, 2.45) is 7.05 Å². The molecule has 136 valence electrons. The third-order valence-corrected chi connectivity index (χ3v) is 4.45. The maximum absolute atomic E-state index is 12.5. The molecule has 0 unspecified atom stereocenters. The Bertz CT molecular complexity index is 1060. The number of carbonyl (C=O) groups excluding carboxylic acids is 1. The van der Waals surface area contributed by atoms with Crippen molar-refractivity contribution in [3.05, 3.63) is 45.4 Å². The van der Waals surface area contributed by atoms with E-state index >= 15 is 0 Å². The zero-order valence-corrected chi connectivity index (χ0v) is 15.1.